The van der Waals surface area contributed by atoms with E-state index in [2.05, 4.69) is 0 Å². The fraction of sp³-hybridized carbons (Fsp3) is 0.500. The van der Waals surface area contributed by atoms with Crippen LogP contribution in [0, 0.1) is 0 Å². The van der Waals surface area contributed by atoms with E-state index < -0.39 is 12.2 Å². The third kappa shape index (κ3) is 9.21. The van der Waals surface area contributed by atoms with Crippen LogP contribution in [0.4, 0.5) is 0 Å². The number of aryl methyl sites for hydroxylation is 2. The molecule has 2 aromatic rings. The van der Waals surface area contributed by atoms with Crippen molar-refractivity contribution in [1.82, 2.24) is 0 Å². The summed E-state index contributed by atoms with van der Waals surface area (Å²) in [7, 11) is 0. The van der Waals surface area contributed by atoms with Crippen molar-refractivity contribution in [2.75, 3.05) is 36.2 Å². The lowest BCUT2D eigenvalue weighted by Crippen LogP contribution is -2.14. The Morgan fingerprint density at radius 1 is 0.656 bits per heavy atom. The number of aliphatic hydroxyl groups is 4. The zero-order valence-corrected chi connectivity index (χ0v) is 19.8. The third-order valence-corrected chi connectivity index (χ3v) is 7.36. The molecule has 32 heavy (non-hydrogen) atoms. The summed E-state index contributed by atoms with van der Waals surface area (Å²) in [4.78, 5) is 0. The van der Waals surface area contributed by atoms with Gasteiger partial charge in [0.05, 0.1) is 25.4 Å². The Balaban J connectivity index is 1.96. The highest BCUT2D eigenvalue weighted by Gasteiger charge is 2.12. The van der Waals surface area contributed by atoms with E-state index >= 15 is 0 Å². The van der Waals surface area contributed by atoms with Gasteiger partial charge in [0.25, 0.3) is 0 Å². The van der Waals surface area contributed by atoms with Crippen LogP contribution in [0.25, 0.3) is 11.1 Å². The van der Waals surface area contributed by atoms with E-state index in [1.54, 1.807) is 35.7 Å². The third-order valence-electron chi connectivity index (χ3n) is 4.96. The average Bonchev–Trinajstić information content (AvgIpc) is 2.80. The molecule has 0 saturated carbocycles. The van der Waals surface area contributed by atoms with Gasteiger partial charge in [-0.3, -0.25) is 0 Å². The molecule has 0 saturated heterocycles. The number of thioether (sulfide) groups is 2. The molecule has 8 heteroatoms. The molecule has 0 fully saturated rings. The molecule has 0 aliphatic rings. The highest BCUT2D eigenvalue weighted by molar-refractivity contribution is 7.99. The zero-order chi connectivity index (χ0) is 23.3. The van der Waals surface area contributed by atoms with E-state index in [0.717, 1.165) is 48.3 Å². The molecule has 6 N–H and O–H groups in total. The smallest absolute Gasteiger partial charge is 0.123 e. The molecular weight excluding hydrogens is 448 g/mol. The fourth-order valence-corrected chi connectivity index (χ4v) is 4.99. The summed E-state index contributed by atoms with van der Waals surface area (Å²) in [5.74, 6) is 2.99. The molecule has 0 bridgehead atoms. The van der Waals surface area contributed by atoms with Crippen LogP contribution in [-0.2, 0) is 12.8 Å². The van der Waals surface area contributed by atoms with Gasteiger partial charge in [-0.2, -0.15) is 23.5 Å². The van der Waals surface area contributed by atoms with Crippen LogP contribution in [0.1, 0.15) is 24.0 Å². The number of hydrogen-bond acceptors (Lipinski definition) is 8. The molecule has 0 radical (unpaired) electrons. The monoisotopic (exact) mass is 482 g/mol. The van der Waals surface area contributed by atoms with Crippen molar-refractivity contribution >= 4 is 23.5 Å². The van der Waals surface area contributed by atoms with Gasteiger partial charge in [0.15, 0.2) is 0 Å². The first-order valence-corrected chi connectivity index (χ1v) is 13.1. The van der Waals surface area contributed by atoms with E-state index in [0.29, 0.717) is 22.6 Å². The van der Waals surface area contributed by atoms with E-state index in [9.17, 15) is 20.4 Å². The number of phenolic OH excluding ortho intramolecular Hbond substituents is 2. The van der Waals surface area contributed by atoms with Crippen LogP contribution in [0.2, 0.25) is 0 Å². The van der Waals surface area contributed by atoms with Crippen molar-refractivity contribution in [2.24, 2.45) is 0 Å². The summed E-state index contributed by atoms with van der Waals surface area (Å²) in [6.07, 6.45) is 2.07. The largest absolute Gasteiger partial charge is 0.507 e. The van der Waals surface area contributed by atoms with Crippen LogP contribution in [0.3, 0.4) is 0 Å². The van der Waals surface area contributed by atoms with Crippen molar-refractivity contribution in [3.05, 3.63) is 47.5 Å². The van der Waals surface area contributed by atoms with Crippen molar-refractivity contribution in [1.29, 1.82) is 0 Å². The molecule has 178 valence electrons. The first kappa shape index (κ1) is 26.8. The number of phenols is 2. The second-order valence-corrected chi connectivity index (χ2v) is 10.0. The lowest BCUT2D eigenvalue weighted by atomic mass is 9.96. The number of hydrogen-bond donors (Lipinski definition) is 6. The van der Waals surface area contributed by atoms with Crippen LogP contribution < -0.4 is 0 Å². The minimum atomic E-state index is -0.679. The first-order valence-electron chi connectivity index (χ1n) is 10.8. The molecule has 0 heterocycles. The summed E-state index contributed by atoms with van der Waals surface area (Å²) in [5, 5.41) is 57.3. The van der Waals surface area contributed by atoms with Crippen molar-refractivity contribution in [3.8, 4) is 22.6 Å². The topological polar surface area (TPSA) is 121 Å². The van der Waals surface area contributed by atoms with Gasteiger partial charge in [0, 0.05) is 22.6 Å². The molecule has 0 aromatic heterocycles. The van der Waals surface area contributed by atoms with E-state index in [1.165, 1.54) is 0 Å². The minimum Gasteiger partial charge on any atom is -0.507 e. The molecule has 0 aliphatic heterocycles. The van der Waals surface area contributed by atoms with Gasteiger partial charge >= 0.3 is 0 Å². The second-order valence-electron chi connectivity index (χ2n) is 7.73. The number of aliphatic hydroxyl groups excluding tert-OH is 4. The molecule has 2 unspecified atom stereocenters. The van der Waals surface area contributed by atoms with Gasteiger partial charge in [-0.25, -0.2) is 0 Å². The predicted octanol–water partition coefficient (Wildman–Crippen LogP) is 2.80. The molecule has 2 atom stereocenters. The maximum atomic E-state index is 10.4. The van der Waals surface area contributed by atoms with Crippen LogP contribution in [0.5, 0.6) is 11.5 Å². The molecular formula is C24H34O6S2. The molecule has 0 aliphatic carbocycles. The van der Waals surface area contributed by atoms with E-state index in [1.807, 2.05) is 24.3 Å². The lowest BCUT2D eigenvalue weighted by Gasteiger charge is -2.12. The van der Waals surface area contributed by atoms with E-state index in [4.69, 9.17) is 10.2 Å². The maximum Gasteiger partial charge on any atom is 0.123 e. The molecule has 0 amide bonds. The second kappa shape index (κ2) is 14.7. The zero-order valence-electron chi connectivity index (χ0n) is 18.2. The number of aromatic hydroxyl groups is 2. The fourth-order valence-electron chi connectivity index (χ4n) is 3.21. The van der Waals surface area contributed by atoms with Gasteiger partial charge in [-0.1, -0.05) is 12.1 Å². The highest BCUT2D eigenvalue weighted by atomic mass is 32.2. The van der Waals surface area contributed by atoms with Gasteiger partial charge in [0.1, 0.15) is 11.5 Å². The first-order chi connectivity index (χ1) is 15.4. The standard InChI is InChI=1S/C24H34O6S2/c25-13-19(27)15-31-9-1-3-17-5-7-23(29)21(11-17)22-12-18(6-8-24(22)30)4-2-10-32-16-20(28)14-26/h5-8,11-12,19-20,25-30H,1-4,9-10,13-16H2. The maximum absolute atomic E-state index is 10.4. The van der Waals surface area contributed by atoms with Crippen LogP contribution >= 0.6 is 23.5 Å². The number of benzene rings is 2. The summed E-state index contributed by atoms with van der Waals surface area (Å²) in [6, 6.07) is 10.9. The lowest BCUT2D eigenvalue weighted by molar-refractivity contribution is 0.113. The van der Waals surface area contributed by atoms with E-state index in [-0.39, 0.29) is 24.7 Å². The van der Waals surface area contributed by atoms with Crippen molar-refractivity contribution in [3.63, 3.8) is 0 Å². The SMILES string of the molecule is OCC(O)CSCCCc1ccc(O)c(-c2cc(CCCSCC(O)CO)ccc2O)c1. The molecule has 2 aromatic carbocycles. The van der Waals surface area contributed by atoms with Gasteiger partial charge in [-0.05, 0) is 72.6 Å². The quantitative estimate of drug-likeness (QED) is 0.214. The predicted molar refractivity (Wildman–Crippen MR) is 133 cm³/mol. The van der Waals surface area contributed by atoms with Crippen LogP contribution in [-0.4, -0.2) is 79.1 Å². The normalized spacial score (nSPS) is 13.2. The Morgan fingerprint density at radius 2 is 1.06 bits per heavy atom. The van der Waals surface area contributed by atoms with Crippen LogP contribution in [0.15, 0.2) is 36.4 Å². The Hall–Kier alpha value is -1.42. The minimum absolute atomic E-state index is 0.121. The molecule has 6 nitrogen and oxygen atoms in total. The van der Waals surface area contributed by atoms with Crippen molar-refractivity contribution < 1.29 is 30.6 Å². The Labute approximate surface area is 198 Å². The summed E-state index contributed by atoms with van der Waals surface area (Å²) >= 11 is 3.20. The van der Waals surface area contributed by atoms with Crippen molar-refractivity contribution in [2.45, 2.75) is 37.9 Å². The Morgan fingerprint density at radius 3 is 1.44 bits per heavy atom. The summed E-state index contributed by atoms with van der Waals surface area (Å²) in [5.41, 5.74) is 3.32. The Bertz CT molecular complexity index is 750. The number of rotatable bonds is 15. The summed E-state index contributed by atoms with van der Waals surface area (Å²) < 4.78 is 0. The molecule has 0 spiro atoms. The average molecular weight is 483 g/mol. The van der Waals surface area contributed by atoms with Gasteiger partial charge in [0.2, 0.25) is 0 Å². The van der Waals surface area contributed by atoms with Gasteiger partial charge in [-0.15, -0.1) is 0 Å². The Kier molecular flexibility index (Phi) is 12.3. The molecule has 2 rings (SSSR count). The summed E-state index contributed by atoms with van der Waals surface area (Å²) in [6.45, 7) is -0.439. The highest BCUT2D eigenvalue weighted by Crippen LogP contribution is 2.37. The van der Waals surface area contributed by atoms with Gasteiger partial charge < -0.3 is 30.6 Å².